The van der Waals surface area contributed by atoms with Crippen molar-refractivity contribution in [3.05, 3.63) is 23.2 Å². The first-order valence-electron chi connectivity index (χ1n) is 7.28. The van der Waals surface area contributed by atoms with Crippen LogP contribution < -0.4 is 15.8 Å². The second-order valence-electron chi connectivity index (χ2n) is 6.27. The van der Waals surface area contributed by atoms with Crippen molar-refractivity contribution >= 4 is 47.2 Å². The number of rotatable bonds is 4. The van der Waals surface area contributed by atoms with Gasteiger partial charge in [0, 0.05) is 24.1 Å². The van der Waals surface area contributed by atoms with Crippen molar-refractivity contribution in [1.29, 1.82) is 0 Å². The number of nitrogens with zero attached hydrogens (tertiary/aromatic N) is 1. The third-order valence-corrected chi connectivity index (χ3v) is 4.72. The highest BCUT2D eigenvalue weighted by Crippen LogP contribution is 2.48. The number of benzene rings is 1. The lowest BCUT2D eigenvalue weighted by Gasteiger charge is -2.54. The molecule has 23 heavy (non-hydrogen) atoms. The molecule has 1 aromatic carbocycles. The third-order valence-electron chi connectivity index (χ3n) is 4.43. The molecule has 0 radical (unpaired) electrons. The molecule has 2 rings (SSSR count). The van der Waals surface area contributed by atoms with E-state index < -0.39 is 0 Å². The molecule has 3 atom stereocenters. The Labute approximate surface area is 160 Å². The number of methoxy groups -OCH3 is 2. The lowest BCUT2D eigenvalue weighted by Crippen LogP contribution is -2.61. The molecule has 3 N–H and O–H groups in total. The SMILES string of the molecule is COc1ccc(NC(N)=NC2C(C)C(OC)C2(C)C)cc1Cl.I. The van der Waals surface area contributed by atoms with Crippen LogP contribution in [0.3, 0.4) is 0 Å². The lowest BCUT2D eigenvalue weighted by atomic mass is 9.58. The normalized spacial score (nSPS) is 26.0. The standard InChI is InChI=1S/C16H24ClN3O2.HI/c1-9-13(16(2,3)14(9)22-5)20-15(18)19-10-6-7-12(21-4)11(17)8-10;/h6-9,13-14H,1-5H3,(H3,18,19,20);1H. The van der Waals surface area contributed by atoms with Gasteiger partial charge < -0.3 is 20.5 Å². The maximum atomic E-state index is 6.10. The van der Waals surface area contributed by atoms with Gasteiger partial charge in [0.15, 0.2) is 5.96 Å². The number of anilines is 1. The van der Waals surface area contributed by atoms with Crippen molar-refractivity contribution in [2.75, 3.05) is 19.5 Å². The van der Waals surface area contributed by atoms with Gasteiger partial charge in [0.1, 0.15) is 5.75 Å². The van der Waals surface area contributed by atoms with E-state index in [2.05, 4.69) is 31.1 Å². The maximum Gasteiger partial charge on any atom is 0.193 e. The van der Waals surface area contributed by atoms with Crippen LogP contribution in [-0.2, 0) is 4.74 Å². The first kappa shape index (κ1) is 20.3. The minimum Gasteiger partial charge on any atom is -0.495 e. The summed E-state index contributed by atoms with van der Waals surface area (Å²) in [7, 11) is 3.32. The quantitative estimate of drug-likeness (QED) is 0.414. The summed E-state index contributed by atoms with van der Waals surface area (Å²) in [6.45, 7) is 6.42. The number of hydrogen-bond donors (Lipinski definition) is 2. The predicted octanol–water partition coefficient (Wildman–Crippen LogP) is 3.75. The van der Waals surface area contributed by atoms with Gasteiger partial charge in [0.05, 0.1) is 24.3 Å². The van der Waals surface area contributed by atoms with Crippen molar-refractivity contribution in [2.45, 2.75) is 32.9 Å². The van der Waals surface area contributed by atoms with Crippen LogP contribution in [0.2, 0.25) is 5.02 Å². The summed E-state index contributed by atoms with van der Waals surface area (Å²) >= 11 is 6.10. The number of halogens is 2. The summed E-state index contributed by atoms with van der Waals surface area (Å²) in [4.78, 5) is 4.61. The van der Waals surface area contributed by atoms with E-state index in [9.17, 15) is 0 Å². The Bertz CT molecular complexity index is 580. The first-order valence-corrected chi connectivity index (χ1v) is 7.65. The van der Waals surface area contributed by atoms with E-state index >= 15 is 0 Å². The molecule has 0 bridgehead atoms. The molecule has 7 heteroatoms. The number of ether oxygens (including phenoxy) is 2. The fraction of sp³-hybridized carbons (Fsp3) is 0.562. The minimum atomic E-state index is -0.0297. The molecule has 1 fully saturated rings. The Morgan fingerprint density at radius 2 is 2.00 bits per heavy atom. The molecule has 0 aliphatic heterocycles. The second-order valence-corrected chi connectivity index (χ2v) is 6.68. The fourth-order valence-electron chi connectivity index (χ4n) is 3.45. The molecule has 5 nitrogen and oxygen atoms in total. The molecule has 1 aromatic rings. The van der Waals surface area contributed by atoms with E-state index in [-0.39, 0.29) is 41.5 Å². The van der Waals surface area contributed by atoms with E-state index in [0.717, 1.165) is 5.69 Å². The Hall–Kier alpha value is -0.730. The van der Waals surface area contributed by atoms with Crippen molar-refractivity contribution in [2.24, 2.45) is 22.1 Å². The average molecular weight is 454 g/mol. The van der Waals surface area contributed by atoms with E-state index in [0.29, 0.717) is 22.6 Å². The van der Waals surface area contributed by atoms with Gasteiger partial charge in [0.25, 0.3) is 0 Å². The molecule has 0 aromatic heterocycles. The van der Waals surface area contributed by atoms with Gasteiger partial charge >= 0.3 is 0 Å². The number of nitrogens with one attached hydrogen (secondary N) is 1. The predicted molar refractivity (Wildman–Crippen MR) is 106 cm³/mol. The Kier molecular flexibility index (Phi) is 6.97. The topological polar surface area (TPSA) is 68.9 Å². The Morgan fingerprint density at radius 3 is 2.48 bits per heavy atom. The molecule has 0 spiro atoms. The number of nitrogens with two attached hydrogens (primary N) is 1. The monoisotopic (exact) mass is 453 g/mol. The average Bonchev–Trinajstić information content (AvgIpc) is 2.45. The third kappa shape index (κ3) is 4.03. The Morgan fingerprint density at radius 1 is 1.35 bits per heavy atom. The van der Waals surface area contributed by atoms with E-state index in [1.807, 2.05) is 6.07 Å². The Balaban J connectivity index is 0.00000264. The molecular formula is C16H25ClIN3O2. The highest BCUT2D eigenvalue weighted by molar-refractivity contribution is 14.0. The van der Waals surface area contributed by atoms with Crippen molar-refractivity contribution < 1.29 is 9.47 Å². The van der Waals surface area contributed by atoms with Gasteiger partial charge in [-0.1, -0.05) is 32.4 Å². The summed E-state index contributed by atoms with van der Waals surface area (Å²) < 4.78 is 10.6. The van der Waals surface area contributed by atoms with Gasteiger partial charge in [-0.2, -0.15) is 0 Å². The lowest BCUT2D eigenvalue weighted by molar-refractivity contribution is -0.132. The van der Waals surface area contributed by atoms with Crippen LogP contribution in [0.4, 0.5) is 5.69 Å². The molecule has 1 aliphatic carbocycles. The molecule has 0 amide bonds. The van der Waals surface area contributed by atoms with E-state index in [1.54, 1.807) is 26.4 Å². The summed E-state index contributed by atoms with van der Waals surface area (Å²) in [5.74, 6) is 1.33. The molecule has 0 heterocycles. The first-order chi connectivity index (χ1) is 10.3. The van der Waals surface area contributed by atoms with Crippen LogP contribution in [0.25, 0.3) is 0 Å². The van der Waals surface area contributed by atoms with Crippen LogP contribution in [0.5, 0.6) is 5.75 Å². The molecule has 0 saturated heterocycles. The van der Waals surface area contributed by atoms with Crippen LogP contribution in [0.15, 0.2) is 23.2 Å². The van der Waals surface area contributed by atoms with Gasteiger partial charge in [-0.25, -0.2) is 4.99 Å². The number of guanidine groups is 1. The largest absolute Gasteiger partial charge is 0.495 e. The van der Waals surface area contributed by atoms with Gasteiger partial charge in [-0.15, -0.1) is 24.0 Å². The van der Waals surface area contributed by atoms with Crippen LogP contribution in [0.1, 0.15) is 20.8 Å². The number of hydrogen-bond acceptors (Lipinski definition) is 3. The minimum absolute atomic E-state index is 0. The summed E-state index contributed by atoms with van der Waals surface area (Å²) in [5.41, 5.74) is 6.78. The van der Waals surface area contributed by atoms with Crippen LogP contribution >= 0.6 is 35.6 Å². The highest BCUT2D eigenvalue weighted by Gasteiger charge is 2.54. The molecule has 1 aliphatic rings. The zero-order valence-electron chi connectivity index (χ0n) is 14.1. The van der Waals surface area contributed by atoms with Crippen LogP contribution in [-0.4, -0.2) is 32.3 Å². The summed E-state index contributed by atoms with van der Waals surface area (Å²) in [6, 6.07) is 5.52. The number of aliphatic imine (C=N–C) groups is 1. The molecule has 3 unspecified atom stereocenters. The van der Waals surface area contributed by atoms with Crippen molar-refractivity contribution in [1.82, 2.24) is 0 Å². The van der Waals surface area contributed by atoms with Crippen molar-refractivity contribution in [3.63, 3.8) is 0 Å². The maximum absolute atomic E-state index is 6.10. The van der Waals surface area contributed by atoms with Gasteiger partial charge in [-0.3, -0.25) is 0 Å². The highest BCUT2D eigenvalue weighted by atomic mass is 127. The molecule has 130 valence electrons. The summed E-state index contributed by atoms with van der Waals surface area (Å²) in [6.07, 6.45) is 0.199. The zero-order chi connectivity index (χ0) is 16.5. The smallest absolute Gasteiger partial charge is 0.193 e. The molecular weight excluding hydrogens is 429 g/mol. The molecule has 1 saturated carbocycles. The summed E-state index contributed by atoms with van der Waals surface area (Å²) in [5, 5.41) is 3.60. The van der Waals surface area contributed by atoms with Gasteiger partial charge in [-0.05, 0) is 18.2 Å². The van der Waals surface area contributed by atoms with Crippen LogP contribution in [0, 0.1) is 11.3 Å². The van der Waals surface area contributed by atoms with E-state index in [4.69, 9.17) is 26.8 Å². The fourth-order valence-corrected chi connectivity index (χ4v) is 3.70. The van der Waals surface area contributed by atoms with Crippen molar-refractivity contribution in [3.8, 4) is 5.75 Å². The second kappa shape index (κ2) is 7.90. The zero-order valence-corrected chi connectivity index (χ0v) is 17.2. The van der Waals surface area contributed by atoms with Gasteiger partial charge in [0.2, 0.25) is 0 Å². The van der Waals surface area contributed by atoms with E-state index in [1.165, 1.54) is 0 Å².